The van der Waals surface area contributed by atoms with E-state index in [9.17, 15) is 13.2 Å². The van der Waals surface area contributed by atoms with Gasteiger partial charge in [-0.25, -0.2) is 8.42 Å². The molecule has 1 atom stereocenters. The van der Waals surface area contributed by atoms with Crippen molar-refractivity contribution in [1.82, 2.24) is 8.87 Å². The maximum Gasteiger partial charge on any atom is 0.252 e. The summed E-state index contributed by atoms with van der Waals surface area (Å²) in [4.78, 5) is 18.4. The van der Waals surface area contributed by atoms with Crippen molar-refractivity contribution in [2.24, 2.45) is 18.0 Å². The number of aryl methyl sites for hydroxylation is 4. The van der Waals surface area contributed by atoms with E-state index < -0.39 is 15.9 Å². The predicted octanol–water partition coefficient (Wildman–Crippen LogP) is 3.69. The van der Waals surface area contributed by atoms with Crippen molar-refractivity contribution < 1.29 is 13.2 Å². The number of amides is 1. The van der Waals surface area contributed by atoms with Gasteiger partial charge in [-0.3, -0.25) is 4.79 Å². The van der Waals surface area contributed by atoms with Crippen molar-refractivity contribution in [3.8, 4) is 0 Å². The van der Waals surface area contributed by atoms with Crippen LogP contribution in [0.3, 0.4) is 0 Å². The third-order valence-electron chi connectivity index (χ3n) is 5.94. The molecule has 0 radical (unpaired) electrons. The number of nitrogens with zero attached hydrogens (tertiary/aromatic N) is 3. The van der Waals surface area contributed by atoms with Gasteiger partial charge in [0.25, 0.3) is 5.91 Å². The van der Waals surface area contributed by atoms with Crippen molar-refractivity contribution in [3.63, 3.8) is 0 Å². The Bertz CT molecular complexity index is 1320. The molecule has 1 aliphatic heterocycles. The summed E-state index contributed by atoms with van der Waals surface area (Å²) in [5.74, 6) is -0.678. The van der Waals surface area contributed by atoms with Crippen LogP contribution in [0.4, 0.5) is 0 Å². The van der Waals surface area contributed by atoms with Gasteiger partial charge in [-0.15, -0.1) is 0 Å². The van der Waals surface area contributed by atoms with Gasteiger partial charge >= 0.3 is 0 Å². The number of thiazole rings is 1. The molecule has 1 aliphatic rings. The largest absolute Gasteiger partial charge is 0.319 e. The summed E-state index contributed by atoms with van der Waals surface area (Å²) in [5.41, 5.74) is 4.39. The van der Waals surface area contributed by atoms with Gasteiger partial charge in [-0.05, 0) is 56.9 Å². The second-order valence-electron chi connectivity index (χ2n) is 8.29. The van der Waals surface area contributed by atoms with E-state index in [4.69, 9.17) is 0 Å². The predicted molar refractivity (Wildman–Crippen MR) is 124 cm³/mol. The number of carbonyl (C=O) groups excluding carboxylic acids is 1. The Morgan fingerprint density at radius 2 is 1.74 bits per heavy atom. The van der Waals surface area contributed by atoms with Gasteiger partial charge in [0.1, 0.15) is 0 Å². The molecule has 31 heavy (non-hydrogen) atoms. The molecule has 0 saturated carbocycles. The van der Waals surface area contributed by atoms with Crippen molar-refractivity contribution in [3.05, 3.63) is 57.9 Å². The Kier molecular flexibility index (Phi) is 5.89. The number of carbonyl (C=O) groups is 1. The van der Waals surface area contributed by atoms with Gasteiger partial charge < -0.3 is 4.57 Å². The Labute approximate surface area is 186 Å². The summed E-state index contributed by atoms with van der Waals surface area (Å²) in [7, 11) is -1.70. The van der Waals surface area contributed by atoms with E-state index in [1.54, 1.807) is 24.3 Å². The van der Waals surface area contributed by atoms with Gasteiger partial charge in [0.15, 0.2) is 4.80 Å². The van der Waals surface area contributed by atoms with Gasteiger partial charge in [0.2, 0.25) is 10.0 Å². The number of aromatic nitrogens is 1. The Hall–Kier alpha value is -2.29. The lowest BCUT2D eigenvalue weighted by Gasteiger charge is -2.30. The second-order valence-corrected chi connectivity index (χ2v) is 11.2. The molecule has 0 bridgehead atoms. The molecule has 6 nitrogen and oxygen atoms in total. The number of hydrogen-bond acceptors (Lipinski definition) is 4. The lowest BCUT2D eigenvalue weighted by atomic mass is 9.99. The van der Waals surface area contributed by atoms with Crippen LogP contribution >= 0.6 is 11.3 Å². The highest BCUT2D eigenvalue weighted by molar-refractivity contribution is 7.89. The van der Waals surface area contributed by atoms with Crippen LogP contribution in [0.1, 0.15) is 29.5 Å². The second kappa shape index (κ2) is 8.33. The molecule has 1 amide bonds. The van der Waals surface area contributed by atoms with Crippen molar-refractivity contribution in [2.45, 2.75) is 38.5 Å². The molecule has 3 aromatic rings. The molecule has 1 fully saturated rings. The van der Waals surface area contributed by atoms with E-state index in [1.165, 1.54) is 15.6 Å². The Morgan fingerprint density at radius 1 is 1.06 bits per heavy atom. The monoisotopic (exact) mass is 457 g/mol. The third kappa shape index (κ3) is 4.12. The lowest BCUT2D eigenvalue weighted by molar-refractivity contribution is -0.122. The standard InChI is InChI=1S/C23H27N3O3S2/c1-15-7-11-19(12-8-15)31(28,29)26-13-5-6-18(14-26)22(27)24-23-25(4)20-16(2)9-10-17(3)21(20)30-23/h7-12,18H,5-6,13-14H2,1-4H3. The highest BCUT2D eigenvalue weighted by Gasteiger charge is 2.33. The van der Waals surface area contributed by atoms with Gasteiger partial charge in [0.05, 0.1) is 21.0 Å². The highest BCUT2D eigenvalue weighted by atomic mass is 32.2. The maximum absolute atomic E-state index is 13.1. The average Bonchev–Trinajstić information content (AvgIpc) is 3.08. The third-order valence-corrected chi connectivity index (χ3v) is 9.09. The van der Waals surface area contributed by atoms with E-state index in [0.29, 0.717) is 24.2 Å². The molecule has 0 N–H and O–H groups in total. The van der Waals surface area contributed by atoms with Crippen LogP contribution in [-0.2, 0) is 21.9 Å². The van der Waals surface area contributed by atoms with E-state index in [0.717, 1.165) is 26.9 Å². The number of benzene rings is 2. The Balaban J connectivity index is 1.62. The van der Waals surface area contributed by atoms with Crippen LogP contribution in [0.25, 0.3) is 10.2 Å². The first-order chi connectivity index (χ1) is 14.7. The molecule has 2 heterocycles. The summed E-state index contributed by atoms with van der Waals surface area (Å²) in [6, 6.07) is 11.0. The molecule has 4 rings (SSSR count). The fourth-order valence-electron chi connectivity index (χ4n) is 4.08. The summed E-state index contributed by atoms with van der Waals surface area (Å²) in [6.45, 7) is 6.62. The minimum absolute atomic E-state index is 0.172. The summed E-state index contributed by atoms with van der Waals surface area (Å²) in [5, 5.41) is 0. The van der Waals surface area contributed by atoms with Gasteiger partial charge in [0, 0.05) is 20.1 Å². The molecule has 1 unspecified atom stereocenters. The lowest BCUT2D eigenvalue weighted by Crippen LogP contribution is -2.42. The van der Waals surface area contributed by atoms with Crippen LogP contribution < -0.4 is 4.80 Å². The number of rotatable bonds is 3. The zero-order valence-corrected chi connectivity index (χ0v) is 19.9. The van der Waals surface area contributed by atoms with E-state index in [-0.39, 0.29) is 17.3 Å². The molecule has 1 aromatic heterocycles. The molecule has 164 valence electrons. The number of piperidine rings is 1. The number of sulfonamides is 1. The quantitative estimate of drug-likeness (QED) is 0.602. The minimum Gasteiger partial charge on any atom is -0.319 e. The SMILES string of the molecule is Cc1ccc(S(=O)(=O)N2CCCC(C(=O)N=c3sc4c(C)ccc(C)c4n3C)C2)cc1. The molecular weight excluding hydrogens is 430 g/mol. The van der Waals surface area contributed by atoms with Crippen LogP contribution in [-0.4, -0.2) is 36.3 Å². The zero-order chi connectivity index (χ0) is 22.3. The van der Waals surface area contributed by atoms with Gasteiger partial charge in [-0.1, -0.05) is 41.2 Å². The number of fused-ring (bicyclic) bond motifs is 1. The highest BCUT2D eigenvalue weighted by Crippen LogP contribution is 2.26. The van der Waals surface area contributed by atoms with Crippen molar-refractivity contribution in [1.29, 1.82) is 0 Å². The molecule has 0 spiro atoms. The first-order valence-electron chi connectivity index (χ1n) is 10.4. The average molecular weight is 458 g/mol. The van der Waals surface area contributed by atoms with Crippen LogP contribution in [0.15, 0.2) is 46.3 Å². The first-order valence-corrected chi connectivity index (χ1v) is 12.7. The fraction of sp³-hybridized carbons (Fsp3) is 0.391. The van der Waals surface area contributed by atoms with E-state index >= 15 is 0 Å². The topological polar surface area (TPSA) is 71.7 Å². The smallest absolute Gasteiger partial charge is 0.252 e. The molecule has 1 saturated heterocycles. The summed E-state index contributed by atoms with van der Waals surface area (Å²) < 4.78 is 30.6. The zero-order valence-electron chi connectivity index (χ0n) is 18.3. The van der Waals surface area contributed by atoms with E-state index in [1.807, 2.05) is 18.5 Å². The molecular formula is C23H27N3O3S2. The van der Waals surface area contributed by atoms with Crippen molar-refractivity contribution >= 4 is 37.5 Å². The van der Waals surface area contributed by atoms with E-state index in [2.05, 4.69) is 31.0 Å². The fourth-order valence-corrected chi connectivity index (χ4v) is 6.77. The molecule has 2 aromatic carbocycles. The van der Waals surface area contributed by atoms with Crippen molar-refractivity contribution in [2.75, 3.05) is 13.1 Å². The Morgan fingerprint density at radius 3 is 2.42 bits per heavy atom. The van der Waals surface area contributed by atoms with Gasteiger partial charge in [-0.2, -0.15) is 9.30 Å². The minimum atomic E-state index is -3.62. The van der Waals surface area contributed by atoms with Crippen LogP contribution in [0, 0.1) is 26.7 Å². The van der Waals surface area contributed by atoms with Crippen LogP contribution in [0.2, 0.25) is 0 Å². The normalized spacial score (nSPS) is 18.6. The van der Waals surface area contributed by atoms with Crippen LogP contribution in [0.5, 0.6) is 0 Å². The summed E-state index contributed by atoms with van der Waals surface area (Å²) >= 11 is 1.51. The number of hydrogen-bond donors (Lipinski definition) is 0. The summed E-state index contributed by atoms with van der Waals surface area (Å²) in [6.07, 6.45) is 1.29. The molecule has 8 heteroatoms. The maximum atomic E-state index is 13.1. The molecule has 0 aliphatic carbocycles. The first kappa shape index (κ1) is 21.9.